The molecule has 8 nitrogen and oxygen atoms in total. The number of rotatable bonds is 7. The average molecular weight is 450 g/mol. The van der Waals surface area contributed by atoms with Gasteiger partial charge in [-0.2, -0.15) is 0 Å². The molecule has 1 amide bonds. The molecule has 1 N–H and O–H groups in total. The van der Waals surface area contributed by atoms with Crippen molar-refractivity contribution < 1.29 is 23.1 Å². The number of anilines is 1. The van der Waals surface area contributed by atoms with Gasteiger partial charge in [-0.1, -0.05) is 18.2 Å². The maximum Gasteiger partial charge on any atom is 0.293 e. The number of carbonyl (C=O) groups is 1. The Morgan fingerprint density at radius 1 is 1.06 bits per heavy atom. The topological polar surface area (TPSA) is 81.8 Å². The van der Waals surface area contributed by atoms with Gasteiger partial charge in [-0.15, -0.1) is 0 Å². The molecule has 170 valence electrons. The van der Waals surface area contributed by atoms with Gasteiger partial charge in [0.25, 0.3) is 11.9 Å². The Balaban J connectivity index is 1.32. The predicted molar refractivity (Wildman–Crippen MR) is 120 cm³/mol. The fourth-order valence-corrected chi connectivity index (χ4v) is 3.77. The van der Waals surface area contributed by atoms with E-state index in [-0.39, 0.29) is 17.5 Å². The Morgan fingerprint density at radius 2 is 1.91 bits per heavy atom. The van der Waals surface area contributed by atoms with Crippen molar-refractivity contribution in [3.63, 3.8) is 0 Å². The number of fused-ring (bicyclic) bond motifs is 1. The van der Waals surface area contributed by atoms with Gasteiger partial charge < -0.3 is 18.5 Å². The summed E-state index contributed by atoms with van der Waals surface area (Å²) in [6, 6.07) is 16.5. The molecule has 2 aromatic carbocycles. The molecule has 2 aromatic heterocycles. The van der Waals surface area contributed by atoms with E-state index >= 15 is 0 Å². The molecular weight excluding hydrogens is 427 g/mol. The van der Waals surface area contributed by atoms with Gasteiger partial charge in [-0.3, -0.25) is 15.0 Å². The first-order chi connectivity index (χ1) is 16.2. The summed E-state index contributed by atoms with van der Waals surface area (Å²) in [6.45, 7) is 4.71. The lowest BCUT2D eigenvalue weighted by molar-refractivity contribution is 0.0366. The van der Waals surface area contributed by atoms with Crippen LogP contribution in [0.4, 0.5) is 10.3 Å². The molecule has 1 saturated heterocycles. The number of hydrogen-bond acceptors (Lipinski definition) is 6. The van der Waals surface area contributed by atoms with E-state index in [0.29, 0.717) is 12.5 Å². The van der Waals surface area contributed by atoms with Crippen LogP contribution in [0.2, 0.25) is 0 Å². The molecule has 0 radical (unpaired) electrons. The van der Waals surface area contributed by atoms with Crippen molar-refractivity contribution in [3.8, 4) is 11.7 Å². The van der Waals surface area contributed by atoms with Gasteiger partial charge in [0.2, 0.25) is 5.95 Å². The van der Waals surface area contributed by atoms with Crippen LogP contribution in [0.5, 0.6) is 11.7 Å². The molecule has 0 unspecified atom stereocenters. The molecule has 0 saturated carbocycles. The Labute approximate surface area is 189 Å². The number of nitrogens with zero attached hydrogens (tertiary/aromatic N) is 3. The number of halogens is 1. The van der Waals surface area contributed by atoms with E-state index in [1.165, 1.54) is 30.3 Å². The first kappa shape index (κ1) is 21.2. The molecule has 1 aliphatic heterocycles. The van der Waals surface area contributed by atoms with Crippen LogP contribution in [-0.2, 0) is 11.3 Å². The van der Waals surface area contributed by atoms with E-state index in [1.54, 1.807) is 6.07 Å². The fourth-order valence-electron chi connectivity index (χ4n) is 3.77. The van der Waals surface area contributed by atoms with E-state index in [9.17, 15) is 9.18 Å². The molecule has 3 heterocycles. The highest BCUT2D eigenvalue weighted by Gasteiger charge is 2.19. The maximum atomic E-state index is 13.4. The summed E-state index contributed by atoms with van der Waals surface area (Å²) in [5, 5.41) is 2.85. The van der Waals surface area contributed by atoms with Crippen LogP contribution in [0.3, 0.4) is 0 Å². The van der Waals surface area contributed by atoms with Crippen LogP contribution in [-0.4, -0.2) is 53.2 Å². The molecule has 0 aliphatic carbocycles. The van der Waals surface area contributed by atoms with Gasteiger partial charge in [0.05, 0.1) is 24.2 Å². The first-order valence-electron chi connectivity index (χ1n) is 10.8. The number of furan rings is 1. The highest BCUT2D eigenvalue weighted by molar-refractivity contribution is 6.02. The molecular formula is C24H23FN4O4. The normalized spacial score (nSPS) is 14.5. The number of para-hydroxylation sites is 2. The number of carbonyl (C=O) groups excluding carboxylic acids is 1. The second kappa shape index (κ2) is 9.43. The van der Waals surface area contributed by atoms with E-state index in [2.05, 4.69) is 15.2 Å². The summed E-state index contributed by atoms with van der Waals surface area (Å²) in [5.74, 6) is -0.000504. The molecule has 1 fully saturated rings. The third kappa shape index (κ3) is 4.89. The summed E-state index contributed by atoms with van der Waals surface area (Å²) in [6.07, 6.45) is 0. The number of imidazole rings is 1. The van der Waals surface area contributed by atoms with Gasteiger partial charge in [-0.05, 0) is 30.3 Å². The number of amides is 1. The minimum atomic E-state index is -0.452. The summed E-state index contributed by atoms with van der Waals surface area (Å²) in [7, 11) is 0. The number of aromatic nitrogens is 2. The van der Waals surface area contributed by atoms with Gasteiger partial charge in [-0.25, -0.2) is 9.37 Å². The van der Waals surface area contributed by atoms with Crippen LogP contribution in [0.15, 0.2) is 65.1 Å². The molecule has 33 heavy (non-hydrogen) atoms. The Bertz CT molecular complexity index is 1260. The molecule has 4 aromatic rings. The van der Waals surface area contributed by atoms with Gasteiger partial charge >= 0.3 is 0 Å². The minimum Gasteiger partial charge on any atom is -0.426 e. The van der Waals surface area contributed by atoms with Crippen molar-refractivity contribution in [2.45, 2.75) is 6.54 Å². The molecule has 0 spiro atoms. The number of nitrogens with one attached hydrogen (secondary N) is 1. The predicted octanol–water partition coefficient (Wildman–Crippen LogP) is 4.15. The summed E-state index contributed by atoms with van der Waals surface area (Å²) in [4.78, 5) is 19.8. The molecule has 1 aliphatic rings. The van der Waals surface area contributed by atoms with E-state index in [0.717, 1.165) is 43.9 Å². The zero-order chi connectivity index (χ0) is 22.6. The third-order valence-electron chi connectivity index (χ3n) is 5.44. The summed E-state index contributed by atoms with van der Waals surface area (Å²) < 4.78 is 31.8. The van der Waals surface area contributed by atoms with Crippen molar-refractivity contribution in [2.24, 2.45) is 0 Å². The van der Waals surface area contributed by atoms with E-state index < -0.39 is 11.7 Å². The van der Waals surface area contributed by atoms with Crippen molar-refractivity contribution in [1.82, 2.24) is 14.5 Å². The van der Waals surface area contributed by atoms with Crippen molar-refractivity contribution in [2.75, 3.05) is 38.2 Å². The number of hydrogen-bond donors (Lipinski definition) is 1. The molecule has 5 rings (SSSR count). The number of morpholine rings is 1. The second-order valence-electron chi connectivity index (χ2n) is 7.66. The van der Waals surface area contributed by atoms with Gasteiger partial charge in [0.15, 0.2) is 5.76 Å². The lowest BCUT2D eigenvalue weighted by Crippen LogP contribution is -2.38. The largest absolute Gasteiger partial charge is 0.426 e. The zero-order valence-electron chi connectivity index (χ0n) is 17.9. The Kier molecular flexibility index (Phi) is 6.05. The van der Waals surface area contributed by atoms with Crippen LogP contribution in [0.25, 0.3) is 11.0 Å². The molecule has 9 heteroatoms. The Morgan fingerprint density at radius 3 is 2.76 bits per heavy atom. The second-order valence-corrected chi connectivity index (χ2v) is 7.66. The van der Waals surface area contributed by atoms with E-state index in [4.69, 9.17) is 13.9 Å². The quantitative estimate of drug-likeness (QED) is 0.456. The summed E-state index contributed by atoms with van der Waals surface area (Å²) in [5.41, 5.74) is 1.74. The monoisotopic (exact) mass is 450 g/mol. The standard InChI is InChI=1S/C24H23FN4O4/c25-17-4-3-5-18(16-17)32-22-9-8-21(33-22)23(30)27-24-26-19-6-1-2-7-20(19)29(24)11-10-28-12-14-31-15-13-28/h1-9,16H,10-15H2,(H,26,27,30). The number of ether oxygens (including phenoxy) is 2. The molecule has 0 atom stereocenters. The smallest absolute Gasteiger partial charge is 0.293 e. The van der Waals surface area contributed by atoms with Crippen LogP contribution in [0.1, 0.15) is 10.6 Å². The minimum absolute atomic E-state index is 0.0631. The SMILES string of the molecule is O=C(Nc1nc2ccccc2n1CCN1CCOCC1)c1ccc(Oc2cccc(F)c2)o1. The maximum absolute atomic E-state index is 13.4. The van der Waals surface area contributed by atoms with Crippen LogP contribution < -0.4 is 10.1 Å². The fraction of sp³-hybridized carbons (Fsp3) is 0.250. The van der Waals surface area contributed by atoms with Crippen LogP contribution in [0, 0.1) is 5.82 Å². The van der Waals surface area contributed by atoms with Crippen LogP contribution >= 0.6 is 0 Å². The van der Waals surface area contributed by atoms with Gasteiger partial charge in [0, 0.05) is 38.3 Å². The lowest BCUT2D eigenvalue weighted by Gasteiger charge is -2.26. The van der Waals surface area contributed by atoms with Gasteiger partial charge in [0.1, 0.15) is 11.6 Å². The van der Waals surface area contributed by atoms with Crippen molar-refractivity contribution in [3.05, 3.63) is 72.2 Å². The Hall–Kier alpha value is -3.69. The first-order valence-corrected chi connectivity index (χ1v) is 10.8. The lowest BCUT2D eigenvalue weighted by atomic mass is 10.3. The highest BCUT2D eigenvalue weighted by atomic mass is 19.1. The van der Waals surface area contributed by atoms with Crippen molar-refractivity contribution in [1.29, 1.82) is 0 Å². The van der Waals surface area contributed by atoms with E-state index in [1.807, 2.05) is 28.8 Å². The highest BCUT2D eigenvalue weighted by Crippen LogP contribution is 2.25. The summed E-state index contributed by atoms with van der Waals surface area (Å²) >= 11 is 0. The third-order valence-corrected chi connectivity index (χ3v) is 5.44. The molecule has 0 bridgehead atoms. The zero-order valence-corrected chi connectivity index (χ0v) is 17.9. The number of benzene rings is 2. The average Bonchev–Trinajstić information content (AvgIpc) is 3.43. The van der Waals surface area contributed by atoms with Crippen molar-refractivity contribution >= 4 is 22.9 Å².